The van der Waals surface area contributed by atoms with Crippen LogP contribution in [0.3, 0.4) is 0 Å². The second-order valence-electron chi connectivity index (χ2n) is 6.41. The molecular weight excluding hydrogens is 360 g/mol. The SMILES string of the molecule is CC[C@H](C)C(=O)N=C1S[C@@H]2CS(=O)(=O)C[C@@H]2N1c1ccc(OC)cc1. The van der Waals surface area contributed by atoms with Crippen LogP contribution in [0.1, 0.15) is 20.3 Å². The number of hydrogen-bond donors (Lipinski definition) is 0. The Labute approximate surface area is 152 Å². The molecule has 2 saturated heterocycles. The minimum atomic E-state index is -3.06. The van der Waals surface area contributed by atoms with E-state index in [2.05, 4.69) is 4.99 Å². The number of rotatable bonds is 4. The molecule has 2 fully saturated rings. The molecule has 0 aliphatic carbocycles. The van der Waals surface area contributed by atoms with E-state index in [0.29, 0.717) is 5.17 Å². The first kappa shape index (κ1) is 18.3. The molecule has 1 aromatic rings. The molecule has 136 valence electrons. The lowest BCUT2D eigenvalue weighted by Gasteiger charge is -2.24. The highest BCUT2D eigenvalue weighted by Gasteiger charge is 2.49. The summed E-state index contributed by atoms with van der Waals surface area (Å²) < 4.78 is 29.3. The predicted molar refractivity (Wildman–Crippen MR) is 101 cm³/mol. The zero-order valence-corrected chi connectivity index (χ0v) is 16.1. The van der Waals surface area contributed by atoms with Gasteiger partial charge in [0.2, 0.25) is 0 Å². The number of anilines is 1. The topological polar surface area (TPSA) is 76.0 Å². The molecule has 0 radical (unpaired) electrons. The Morgan fingerprint density at radius 2 is 2.04 bits per heavy atom. The fourth-order valence-corrected chi connectivity index (χ4v) is 6.91. The summed E-state index contributed by atoms with van der Waals surface area (Å²) in [6, 6.07) is 7.20. The number of hydrogen-bond acceptors (Lipinski definition) is 5. The number of aliphatic imine (C=N–C) groups is 1. The number of methoxy groups -OCH3 is 1. The highest BCUT2D eigenvalue weighted by molar-refractivity contribution is 8.16. The van der Waals surface area contributed by atoms with E-state index in [9.17, 15) is 13.2 Å². The van der Waals surface area contributed by atoms with Crippen LogP contribution in [0, 0.1) is 5.92 Å². The van der Waals surface area contributed by atoms with Crippen molar-refractivity contribution in [3.8, 4) is 5.75 Å². The van der Waals surface area contributed by atoms with Crippen molar-refractivity contribution in [2.45, 2.75) is 31.6 Å². The van der Waals surface area contributed by atoms with Crippen LogP contribution in [0.5, 0.6) is 5.75 Å². The van der Waals surface area contributed by atoms with Gasteiger partial charge in [0, 0.05) is 16.9 Å². The third-order valence-corrected chi connectivity index (χ3v) is 7.87. The van der Waals surface area contributed by atoms with E-state index in [1.54, 1.807) is 7.11 Å². The molecular formula is C17H22N2O4S2. The first-order chi connectivity index (χ1) is 11.8. The molecule has 0 aromatic heterocycles. The Balaban J connectivity index is 1.97. The number of nitrogens with zero attached hydrogens (tertiary/aromatic N) is 2. The number of carbonyl (C=O) groups excluding carboxylic acids is 1. The van der Waals surface area contributed by atoms with E-state index in [-0.39, 0.29) is 34.6 Å². The number of amidine groups is 1. The summed E-state index contributed by atoms with van der Waals surface area (Å²) in [6.45, 7) is 3.81. The summed E-state index contributed by atoms with van der Waals surface area (Å²) in [6.07, 6.45) is 0.726. The Kier molecular flexibility index (Phi) is 5.11. The predicted octanol–water partition coefficient (Wildman–Crippen LogP) is 2.34. The minimum Gasteiger partial charge on any atom is -0.497 e. The van der Waals surface area contributed by atoms with Gasteiger partial charge in [-0.1, -0.05) is 25.6 Å². The van der Waals surface area contributed by atoms with Crippen molar-refractivity contribution >= 4 is 38.4 Å². The van der Waals surface area contributed by atoms with Gasteiger partial charge in [-0.2, -0.15) is 4.99 Å². The molecule has 0 spiro atoms. The molecule has 2 heterocycles. The maximum Gasteiger partial charge on any atom is 0.250 e. The molecule has 2 aliphatic rings. The van der Waals surface area contributed by atoms with Crippen molar-refractivity contribution in [3.05, 3.63) is 24.3 Å². The average Bonchev–Trinajstić information content (AvgIpc) is 3.05. The molecule has 3 rings (SSSR count). The van der Waals surface area contributed by atoms with E-state index in [4.69, 9.17) is 4.74 Å². The Morgan fingerprint density at radius 3 is 2.64 bits per heavy atom. The fraction of sp³-hybridized carbons (Fsp3) is 0.529. The van der Waals surface area contributed by atoms with Gasteiger partial charge >= 0.3 is 0 Å². The zero-order chi connectivity index (χ0) is 18.2. The molecule has 1 amide bonds. The third kappa shape index (κ3) is 3.69. The Bertz CT molecular complexity index is 789. The van der Waals surface area contributed by atoms with Crippen molar-refractivity contribution in [1.82, 2.24) is 0 Å². The van der Waals surface area contributed by atoms with Gasteiger partial charge < -0.3 is 9.64 Å². The number of carbonyl (C=O) groups is 1. The molecule has 0 saturated carbocycles. The normalized spacial score (nSPS) is 27.3. The summed E-state index contributed by atoms with van der Waals surface area (Å²) in [5.41, 5.74) is 0.827. The van der Waals surface area contributed by atoms with Gasteiger partial charge in [-0.05, 0) is 30.7 Å². The van der Waals surface area contributed by atoms with Crippen molar-refractivity contribution < 1.29 is 17.9 Å². The van der Waals surface area contributed by atoms with Gasteiger partial charge in [0.1, 0.15) is 5.75 Å². The van der Waals surface area contributed by atoms with Crippen LogP contribution in [-0.4, -0.2) is 49.4 Å². The number of fused-ring (bicyclic) bond motifs is 1. The first-order valence-corrected chi connectivity index (χ1v) is 11.0. The molecule has 8 heteroatoms. The molecule has 25 heavy (non-hydrogen) atoms. The van der Waals surface area contributed by atoms with E-state index < -0.39 is 9.84 Å². The van der Waals surface area contributed by atoms with E-state index in [1.165, 1.54) is 11.8 Å². The van der Waals surface area contributed by atoms with Gasteiger partial charge in [-0.3, -0.25) is 4.79 Å². The van der Waals surface area contributed by atoms with E-state index in [0.717, 1.165) is 17.9 Å². The second kappa shape index (κ2) is 6.99. The number of amides is 1. The maximum absolute atomic E-state index is 12.3. The number of sulfone groups is 1. The van der Waals surface area contributed by atoms with E-state index in [1.807, 2.05) is 43.0 Å². The second-order valence-corrected chi connectivity index (χ2v) is 9.77. The lowest BCUT2D eigenvalue weighted by atomic mass is 10.1. The summed E-state index contributed by atoms with van der Waals surface area (Å²) >= 11 is 1.40. The third-order valence-electron chi connectivity index (χ3n) is 4.66. The maximum atomic E-state index is 12.3. The van der Waals surface area contributed by atoms with Crippen LogP contribution in [0.2, 0.25) is 0 Å². The van der Waals surface area contributed by atoms with Crippen LogP contribution in [0.4, 0.5) is 5.69 Å². The lowest BCUT2D eigenvalue weighted by molar-refractivity contribution is -0.121. The largest absolute Gasteiger partial charge is 0.497 e. The first-order valence-electron chi connectivity index (χ1n) is 8.27. The van der Waals surface area contributed by atoms with Crippen molar-refractivity contribution in [2.75, 3.05) is 23.5 Å². The van der Waals surface area contributed by atoms with Crippen LogP contribution < -0.4 is 9.64 Å². The standard InChI is InChI=1S/C17H22N2O4S2/c1-4-11(2)16(20)18-17-19(12-5-7-13(23-3)8-6-12)14-9-25(21,22)10-15(14)24-17/h5-8,11,14-15H,4,9-10H2,1-3H3/t11-,14-,15+/m0/s1. The van der Waals surface area contributed by atoms with Gasteiger partial charge in [0.15, 0.2) is 15.0 Å². The molecule has 1 aromatic carbocycles. The smallest absolute Gasteiger partial charge is 0.250 e. The van der Waals surface area contributed by atoms with Crippen molar-refractivity contribution in [3.63, 3.8) is 0 Å². The summed E-state index contributed by atoms with van der Waals surface area (Å²) in [5.74, 6) is 0.639. The molecule has 0 bridgehead atoms. The molecule has 6 nitrogen and oxygen atoms in total. The van der Waals surface area contributed by atoms with Crippen molar-refractivity contribution in [1.29, 1.82) is 0 Å². The Hall–Kier alpha value is -1.54. The number of thioether (sulfide) groups is 1. The summed E-state index contributed by atoms with van der Waals surface area (Å²) in [7, 11) is -1.46. The minimum absolute atomic E-state index is 0.0874. The average molecular weight is 383 g/mol. The highest BCUT2D eigenvalue weighted by Crippen LogP contribution is 2.41. The molecule has 0 N–H and O–H groups in total. The van der Waals surface area contributed by atoms with Crippen LogP contribution >= 0.6 is 11.8 Å². The Morgan fingerprint density at radius 1 is 1.36 bits per heavy atom. The molecule has 3 atom stereocenters. The number of benzene rings is 1. The lowest BCUT2D eigenvalue weighted by Crippen LogP contribution is -2.37. The molecule has 2 aliphatic heterocycles. The highest BCUT2D eigenvalue weighted by atomic mass is 32.2. The van der Waals surface area contributed by atoms with Gasteiger partial charge in [-0.15, -0.1) is 0 Å². The van der Waals surface area contributed by atoms with Crippen LogP contribution in [0.15, 0.2) is 29.3 Å². The van der Waals surface area contributed by atoms with Crippen LogP contribution in [0.25, 0.3) is 0 Å². The number of ether oxygens (including phenoxy) is 1. The van der Waals surface area contributed by atoms with Gasteiger partial charge in [0.05, 0.1) is 24.7 Å². The van der Waals surface area contributed by atoms with E-state index >= 15 is 0 Å². The summed E-state index contributed by atoms with van der Waals surface area (Å²) in [5, 5.41) is 0.510. The van der Waals surface area contributed by atoms with Crippen molar-refractivity contribution in [2.24, 2.45) is 10.9 Å². The van der Waals surface area contributed by atoms with Crippen LogP contribution in [-0.2, 0) is 14.6 Å². The fourth-order valence-electron chi connectivity index (χ4n) is 2.99. The monoisotopic (exact) mass is 382 g/mol. The zero-order valence-electron chi connectivity index (χ0n) is 14.5. The molecule has 0 unspecified atom stereocenters. The summed E-state index contributed by atoms with van der Waals surface area (Å²) in [4.78, 5) is 18.5. The quantitative estimate of drug-likeness (QED) is 0.796. The van der Waals surface area contributed by atoms with Gasteiger partial charge in [-0.25, -0.2) is 8.42 Å². The van der Waals surface area contributed by atoms with Gasteiger partial charge in [0.25, 0.3) is 5.91 Å².